The molecule has 0 radical (unpaired) electrons. The third-order valence-electron chi connectivity index (χ3n) is 2.38. The van der Waals surface area contributed by atoms with E-state index in [0.717, 1.165) is 29.3 Å². The summed E-state index contributed by atoms with van der Waals surface area (Å²) in [5.74, 6) is 1.35. The maximum atomic E-state index is 5.81. The lowest BCUT2D eigenvalue weighted by molar-refractivity contribution is 0.379. The van der Waals surface area contributed by atoms with Gasteiger partial charge in [-0.3, -0.25) is 0 Å². The highest BCUT2D eigenvalue weighted by Crippen LogP contribution is 2.12. The maximum absolute atomic E-state index is 5.81. The third-order valence-corrected chi connectivity index (χ3v) is 2.64. The van der Waals surface area contributed by atoms with Crippen molar-refractivity contribution in [1.29, 1.82) is 0 Å². The number of hydrogen-bond acceptors (Lipinski definition) is 4. The van der Waals surface area contributed by atoms with Crippen LogP contribution in [0, 0.1) is 0 Å². The van der Waals surface area contributed by atoms with Crippen LogP contribution in [-0.4, -0.2) is 16.7 Å². The Bertz CT molecular complexity index is 467. The molecular weight excluding hydrogens is 238 g/mol. The van der Waals surface area contributed by atoms with Gasteiger partial charge in [-0.25, -0.2) is 0 Å². The second-order valence-corrected chi connectivity index (χ2v) is 4.24. The van der Waals surface area contributed by atoms with Crippen LogP contribution >= 0.6 is 11.6 Å². The average molecular weight is 252 g/mol. The Morgan fingerprint density at radius 2 is 2.00 bits per heavy atom. The fourth-order valence-electron chi connectivity index (χ4n) is 1.50. The molecule has 1 heterocycles. The molecule has 0 saturated carbocycles. The van der Waals surface area contributed by atoms with Gasteiger partial charge in [0.15, 0.2) is 5.82 Å². The van der Waals surface area contributed by atoms with Gasteiger partial charge < -0.3 is 10.3 Å². The Kier molecular flexibility index (Phi) is 4.12. The minimum atomic E-state index is 0.624. The van der Waals surface area contributed by atoms with E-state index in [0.29, 0.717) is 18.9 Å². The molecule has 17 heavy (non-hydrogen) atoms. The molecule has 2 N–H and O–H groups in total. The summed E-state index contributed by atoms with van der Waals surface area (Å²) in [7, 11) is 0. The number of rotatable bonds is 5. The van der Waals surface area contributed by atoms with Crippen molar-refractivity contribution in [3.63, 3.8) is 0 Å². The first-order valence-corrected chi connectivity index (χ1v) is 5.91. The Labute approximate surface area is 105 Å². The number of aryl methyl sites for hydroxylation is 1. The first-order valence-electron chi connectivity index (χ1n) is 5.54. The molecule has 0 saturated heterocycles. The van der Waals surface area contributed by atoms with Crippen molar-refractivity contribution in [3.05, 3.63) is 46.6 Å². The van der Waals surface area contributed by atoms with E-state index in [-0.39, 0.29) is 0 Å². The summed E-state index contributed by atoms with van der Waals surface area (Å²) in [6, 6.07) is 7.60. The smallest absolute Gasteiger partial charge is 0.231 e. The van der Waals surface area contributed by atoms with E-state index in [1.165, 1.54) is 0 Å². The summed E-state index contributed by atoms with van der Waals surface area (Å²) < 4.78 is 5.16. The molecule has 5 heteroatoms. The lowest BCUT2D eigenvalue weighted by Crippen LogP contribution is -2.01. The highest BCUT2D eigenvalue weighted by atomic mass is 35.5. The Hall–Kier alpha value is -1.39. The number of halogens is 1. The second-order valence-electron chi connectivity index (χ2n) is 3.80. The summed E-state index contributed by atoms with van der Waals surface area (Å²) in [4.78, 5) is 4.30. The van der Waals surface area contributed by atoms with Gasteiger partial charge >= 0.3 is 0 Å². The quantitative estimate of drug-likeness (QED) is 0.885. The van der Waals surface area contributed by atoms with Crippen LogP contribution in [0.5, 0.6) is 0 Å². The van der Waals surface area contributed by atoms with E-state index < -0.39 is 0 Å². The van der Waals surface area contributed by atoms with Crippen molar-refractivity contribution in [2.75, 3.05) is 6.54 Å². The molecule has 0 spiro atoms. The summed E-state index contributed by atoms with van der Waals surface area (Å²) in [6.07, 6.45) is 2.27. The summed E-state index contributed by atoms with van der Waals surface area (Å²) >= 11 is 5.81. The van der Waals surface area contributed by atoms with Gasteiger partial charge in [-0.15, -0.1) is 0 Å². The molecule has 2 aromatic rings. The molecular formula is C12H14ClN3O. The van der Waals surface area contributed by atoms with Crippen LogP contribution < -0.4 is 5.73 Å². The average Bonchev–Trinajstić information content (AvgIpc) is 2.77. The van der Waals surface area contributed by atoms with Crippen LogP contribution in [-0.2, 0) is 12.8 Å². The van der Waals surface area contributed by atoms with Crippen LogP contribution in [0.2, 0.25) is 5.02 Å². The first-order chi connectivity index (χ1) is 8.28. The summed E-state index contributed by atoms with van der Waals surface area (Å²) in [5.41, 5.74) is 6.52. The van der Waals surface area contributed by atoms with Gasteiger partial charge in [0.05, 0.1) is 6.42 Å². The van der Waals surface area contributed by atoms with E-state index in [4.69, 9.17) is 21.9 Å². The highest BCUT2D eigenvalue weighted by Gasteiger charge is 2.06. The normalized spacial score (nSPS) is 10.7. The molecule has 1 aromatic carbocycles. The van der Waals surface area contributed by atoms with E-state index >= 15 is 0 Å². The zero-order valence-electron chi connectivity index (χ0n) is 9.40. The highest BCUT2D eigenvalue weighted by molar-refractivity contribution is 6.30. The van der Waals surface area contributed by atoms with Gasteiger partial charge in [-0.1, -0.05) is 28.9 Å². The standard InChI is InChI=1S/C12H14ClN3O/c13-10-5-3-9(4-6-10)8-12-15-11(16-17-12)2-1-7-14/h3-6H,1-2,7-8,14H2. The zero-order valence-corrected chi connectivity index (χ0v) is 10.2. The Morgan fingerprint density at radius 1 is 1.24 bits per heavy atom. The van der Waals surface area contributed by atoms with E-state index in [9.17, 15) is 0 Å². The SMILES string of the molecule is NCCCc1noc(Cc2ccc(Cl)cc2)n1. The van der Waals surface area contributed by atoms with Crippen LogP contribution in [0.3, 0.4) is 0 Å². The van der Waals surface area contributed by atoms with Crippen LogP contribution in [0.15, 0.2) is 28.8 Å². The molecule has 0 fully saturated rings. The van der Waals surface area contributed by atoms with Crippen LogP contribution in [0.1, 0.15) is 23.7 Å². The molecule has 0 aliphatic carbocycles. The number of nitrogens with two attached hydrogens (primary N) is 1. The largest absolute Gasteiger partial charge is 0.339 e. The van der Waals surface area contributed by atoms with Crippen LogP contribution in [0.4, 0.5) is 0 Å². The fraction of sp³-hybridized carbons (Fsp3) is 0.333. The summed E-state index contributed by atoms with van der Waals surface area (Å²) in [5, 5.41) is 4.62. The minimum absolute atomic E-state index is 0.624. The molecule has 0 amide bonds. The molecule has 0 aliphatic heterocycles. The van der Waals surface area contributed by atoms with Gasteiger partial charge in [0, 0.05) is 11.4 Å². The van der Waals surface area contributed by atoms with Gasteiger partial charge in [-0.2, -0.15) is 4.98 Å². The summed E-state index contributed by atoms with van der Waals surface area (Å²) in [6.45, 7) is 0.640. The molecule has 90 valence electrons. The predicted octanol–water partition coefficient (Wildman–Crippen LogP) is 2.21. The lowest BCUT2D eigenvalue weighted by Gasteiger charge is -1.96. The number of benzene rings is 1. The number of hydrogen-bond donors (Lipinski definition) is 1. The molecule has 1 aromatic heterocycles. The topological polar surface area (TPSA) is 64.9 Å². The Balaban J connectivity index is 1.98. The van der Waals surface area contributed by atoms with Gasteiger partial charge in [-0.05, 0) is 30.7 Å². The maximum Gasteiger partial charge on any atom is 0.231 e. The number of nitrogens with zero attached hydrogens (tertiary/aromatic N) is 2. The van der Waals surface area contributed by atoms with Crippen molar-refractivity contribution < 1.29 is 4.52 Å². The van der Waals surface area contributed by atoms with E-state index in [1.807, 2.05) is 24.3 Å². The number of aromatic nitrogens is 2. The molecule has 4 nitrogen and oxygen atoms in total. The van der Waals surface area contributed by atoms with Crippen LogP contribution in [0.25, 0.3) is 0 Å². The fourth-order valence-corrected chi connectivity index (χ4v) is 1.63. The van der Waals surface area contributed by atoms with Crippen molar-refractivity contribution in [3.8, 4) is 0 Å². The van der Waals surface area contributed by atoms with Gasteiger partial charge in [0.1, 0.15) is 0 Å². The Morgan fingerprint density at radius 3 is 2.71 bits per heavy atom. The van der Waals surface area contributed by atoms with Gasteiger partial charge in [0.2, 0.25) is 5.89 Å². The van der Waals surface area contributed by atoms with Crippen molar-refractivity contribution in [1.82, 2.24) is 10.1 Å². The zero-order chi connectivity index (χ0) is 12.1. The third kappa shape index (κ3) is 3.54. The van der Waals surface area contributed by atoms with Crippen molar-refractivity contribution in [2.45, 2.75) is 19.3 Å². The minimum Gasteiger partial charge on any atom is -0.339 e. The van der Waals surface area contributed by atoms with E-state index in [2.05, 4.69) is 10.1 Å². The molecule has 0 bridgehead atoms. The molecule has 2 rings (SSSR count). The molecule has 0 aliphatic rings. The first kappa shape index (κ1) is 12.1. The van der Waals surface area contributed by atoms with Gasteiger partial charge in [0.25, 0.3) is 0 Å². The second kappa shape index (κ2) is 5.80. The van der Waals surface area contributed by atoms with E-state index in [1.54, 1.807) is 0 Å². The lowest BCUT2D eigenvalue weighted by atomic mass is 10.1. The van der Waals surface area contributed by atoms with Crippen molar-refractivity contribution >= 4 is 11.6 Å². The predicted molar refractivity (Wildman–Crippen MR) is 65.9 cm³/mol. The molecule has 0 atom stereocenters. The monoisotopic (exact) mass is 251 g/mol. The van der Waals surface area contributed by atoms with Crippen molar-refractivity contribution in [2.24, 2.45) is 5.73 Å². The molecule has 0 unspecified atom stereocenters.